The van der Waals surface area contributed by atoms with Gasteiger partial charge in [-0.25, -0.2) is 4.79 Å². The Kier molecular flexibility index (Phi) is 3.14. The van der Waals surface area contributed by atoms with Crippen LogP contribution in [0.25, 0.3) is 0 Å². The summed E-state index contributed by atoms with van der Waals surface area (Å²) in [5, 5.41) is 1.13. The van der Waals surface area contributed by atoms with Gasteiger partial charge in [-0.1, -0.05) is 0 Å². The van der Waals surface area contributed by atoms with Crippen molar-refractivity contribution in [3.8, 4) is 0 Å². The van der Waals surface area contributed by atoms with Gasteiger partial charge in [-0.15, -0.1) is 11.3 Å². The van der Waals surface area contributed by atoms with Crippen LogP contribution in [0.3, 0.4) is 0 Å². The maximum absolute atomic E-state index is 11.8. The Hall–Kier alpha value is -1.27. The normalized spacial score (nSPS) is 22.8. The summed E-state index contributed by atoms with van der Waals surface area (Å²) in [6.07, 6.45) is 3.32. The molecular formula is C13H19N3O2S. The van der Waals surface area contributed by atoms with Crippen LogP contribution in [0.15, 0.2) is 0 Å². The van der Waals surface area contributed by atoms with Crippen LogP contribution >= 0.6 is 11.3 Å². The molecule has 1 atom stereocenters. The quantitative estimate of drug-likeness (QED) is 0.821. The molecule has 0 aromatic carbocycles. The number of carbonyl (C=O) groups is 1. The zero-order valence-corrected chi connectivity index (χ0v) is 11.8. The molecule has 0 amide bonds. The van der Waals surface area contributed by atoms with E-state index in [2.05, 4.69) is 4.90 Å². The van der Waals surface area contributed by atoms with Gasteiger partial charge in [0, 0.05) is 24.7 Å². The molecule has 1 aromatic heterocycles. The van der Waals surface area contributed by atoms with Crippen LogP contribution in [0.2, 0.25) is 0 Å². The number of esters is 1. The van der Waals surface area contributed by atoms with Crippen molar-refractivity contribution in [2.45, 2.75) is 31.2 Å². The van der Waals surface area contributed by atoms with Crippen molar-refractivity contribution < 1.29 is 9.53 Å². The van der Waals surface area contributed by atoms with Crippen molar-refractivity contribution in [2.75, 3.05) is 30.8 Å². The molecule has 1 aliphatic heterocycles. The van der Waals surface area contributed by atoms with Gasteiger partial charge in [0.1, 0.15) is 4.88 Å². The molecule has 1 saturated heterocycles. The van der Waals surface area contributed by atoms with Gasteiger partial charge in [-0.2, -0.15) is 0 Å². The molecule has 0 radical (unpaired) electrons. The second-order valence-corrected chi connectivity index (χ2v) is 6.32. The van der Waals surface area contributed by atoms with E-state index in [9.17, 15) is 4.79 Å². The molecule has 1 aliphatic carbocycles. The number of anilines is 2. The van der Waals surface area contributed by atoms with Gasteiger partial charge >= 0.3 is 5.97 Å². The molecule has 3 rings (SSSR count). The average Bonchev–Trinajstić information content (AvgIpc) is 3.05. The standard InChI is InChI=1S/C13H19N3O2S/c1-18-13(17)11-10(15)9(7-2-3-7)12(19-11)16-5-4-8(14)6-16/h7-8H,2-6,14-15H2,1H3. The number of carbonyl (C=O) groups excluding carboxylic acids is 1. The van der Waals surface area contributed by atoms with Crippen molar-refractivity contribution in [1.29, 1.82) is 0 Å². The van der Waals surface area contributed by atoms with Crippen LogP contribution in [0.1, 0.15) is 40.4 Å². The number of nitrogens with zero attached hydrogens (tertiary/aromatic N) is 1. The molecule has 1 unspecified atom stereocenters. The lowest BCUT2D eigenvalue weighted by molar-refractivity contribution is 0.0607. The van der Waals surface area contributed by atoms with Gasteiger partial charge in [0.2, 0.25) is 0 Å². The number of nitrogen functional groups attached to an aromatic ring is 1. The van der Waals surface area contributed by atoms with E-state index >= 15 is 0 Å². The Morgan fingerprint density at radius 1 is 1.42 bits per heavy atom. The summed E-state index contributed by atoms with van der Waals surface area (Å²) in [4.78, 5) is 14.6. The van der Waals surface area contributed by atoms with Crippen molar-refractivity contribution in [1.82, 2.24) is 0 Å². The summed E-state index contributed by atoms with van der Waals surface area (Å²) in [6.45, 7) is 1.79. The number of ether oxygens (including phenoxy) is 1. The molecule has 5 nitrogen and oxygen atoms in total. The predicted molar refractivity (Wildman–Crippen MR) is 76.9 cm³/mol. The minimum absolute atomic E-state index is 0.219. The van der Waals surface area contributed by atoms with Gasteiger partial charge in [-0.3, -0.25) is 0 Å². The van der Waals surface area contributed by atoms with Crippen LogP contribution in [-0.4, -0.2) is 32.2 Å². The highest BCUT2D eigenvalue weighted by atomic mass is 32.1. The lowest BCUT2D eigenvalue weighted by Gasteiger charge is -2.18. The number of hydrogen-bond donors (Lipinski definition) is 2. The largest absolute Gasteiger partial charge is 0.465 e. The Bertz CT molecular complexity index is 510. The van der Waals surface area contributed by atoms with Crippen LogP contribution in [0, 0.1) is 0 Å². The third-order valence-corrected chi connectivity index (χ3v) is 5.09. The topological polar surface area (TPSA) is 81.6 Å². The van der Waals surface area contributed by atoms with Gasteiger partial charge in [0.25, 0.3) is 0 Å². The molecule has 2 aliphatic rings. The lowest BCUT2D eigenvalue weighted by Crippen LogP contribution is -2.26. The Morgan fingerprint density at radius 3 is 2.68 bits per heavy atom. The van der Waals surface area contributed by atoms with E-state index in [1.807, 2.05) is 0 Å². The number of rotatable bonds is 3. The molecule has 19 heavy (non-hydrogen) atoms. The Balaban J connectivity index is 2.00. The first-order valence-electron chi connectivity index (χ1n) is 6.62. The molecule has 1 saturated carbocycles. The zero-order chi connectivity index (χ0) is 13.6. The van der Waals surface area contributed by atoms with Crippen LogP contribution < -0.4 is 16.4 Å². The first-order chi connectivity index (χ1) is 9.11. The van der Waals surface area contributed by atoms with Gasteiger partial charge in [0.15, 0.2) is 0 Å². The Morgan fingerprint density at radius 2 is 2.16 bits per heavy atom. The van der Waals surface area contributed by atoms with E-state index in [1.54, 1.807) is 0 Å². The summed E-state index contributed by atoms with van der Waals surface area (Å²) in [6, 6.07) is 0.219. The monoisotopic (exact) mass is 281 g/mol. The molecule has 2 fully saturated rings. The highest BCUT2D eigenvalue weighted by Crippen LogP contribution is 2.52. The van der Waals surface area contributed by atoms with Crippen molar-refractivity contribution >= 4 is 28.0 Å². The maximum atomic E-state index is 11.8. The molecular weight excluding hydrogens is 262 g/mol. The van der Waals surface area contributed by atoms with Crippen LogP contribution in [-0.2, 0) is 4.74 Å². The second-order valence-electron chi connectivity index (χ2n) is 5.32. The molecule has 1 aromatic rings. The summed E-state index contributed by atoms with van der Waals surface area (Å²) in [7, 11) is 1.39. The highest BCUT2D eigenvalue weighted by Gasteiger charge is 2.36. The van der Waals surface area contributed by atoms with E-state index in [0.717, 1.165) is 42.9 Å². The molecule has 104 valence electrons. The number of thiophene rings is 1. The van der Waals surface area contributed by atoms with E-state index in [0.29, 0.717) is 16.5 Å². The number of hydrogen-bond acceptors (Lipinski definition) is 6. The SMILES string of the molecule is COC(=O)c1sc(N2CCC(N)C2)c(C2CC2)c1N. The van der Waals surface area contributed by atoms with E-state index in [4.69, 9.17) is 16.2 Å². The van der Waals surface area contributed by atoms with Crippen molar-refractivity contribution in [3.63, 3.8) is 0 Å². The minimum atomic E-state index is -0.334. The van der Waals surface area contributed by atoms with Crippen LogP contribution in [0.5, 0.6) is 0 Å². The van der Waals surface area contributed by atoms with Gasteiger partial charge < -0.3 is 21.1 Å². The maximum Gasteiger partial charge on any atom is 0.350 e. The first kappa shape index (κ1) is 12.7. The summed E-state index contributed by atoms with van der Waals surface area (Å²) < 4.78 is 4.82. The van der Waals surface area contributed by atoms with E-state index in [-0.39, 0.29) is 12.0 Å². The van der Waals surface area contributed by atoms with E-state index < -0.39 is 0 Å². The van der Waals surface area contributed by atoms with Gasteiger partial charge in [0.05, 0.1) is 17.8 Å². The highest BCUT2D eigenvalue weighted by molar-refractivity contribution is 7.18. The third-order valence-electron chi connectivity index (χ3n) is 3.83. The zero-order valence-electron chi connectivity index (χ0n) is 11.0. The van der Waals surface area contributed by atoms with Crippen molar-refractivity contribution in [3.05, 3.63) is 10.4 Å². The minimum Gasteiger partial charge on any atom is -0.465 e. The fraction of sp³-hybridized carbons (Fsp3) is 0.615. The molecule has 0 spiro atoms. The smallest absolute Gasteiger partial charge is 0.350 e. The van der Waals surface area contributed by atoms with Gasteiger partial charge in [-0.05, 0) is 25.2 Å². The molecule has 0 bridgehead atoms. The molecule has 2 heterocycles. The number of methoxy groups -OCH3 is 1. The summed E-state index contributed by atoms with van der Waals surface area (Å²) >= 11 is 1.46. The Labute approximate surface area is 116 Å². The fourth-order valence-corrected chi connectivity index (χ4v) is 3.92. The van der Waals surface area contributed by atoms with E-state index in [1.165, 1.54) is 18.4 Å². The first-order valence-corrected chi connectivity index (χ1v) is 7.44. The fourth-order valence-electron chi connectivity index (χ4n) is 2.66. The second kappa shape index (κ2) is 4.68. The molecule has 6 heteroatoms. The third kappa shape index (κ3) is 2.19. The molecule has 4 N–H and O–H groups in total. The average molecular weight is 281 g/mol. The summed E-state index contributed by atoms with van der Waals surface area (Å²) in [5.41, 5.74) is 13.9. The number of nitrogens with two attached hydrogens (primary N) is 2. The predicted octanol–water partition coefficient (Wildman–Crippen LogP) is 1.53. The lowest BCUT2D eigenvalue weighted by atomic mass is 10.1. The summed E-state index contributed by atoms with van der Waals surface area (Å²) in [5.74, 6) is 0.181. The van der Waals surface area contributed by atoms with Crippen LogP contribution in [0.4, 0.5) is 10.7 Å². The van der Waals surface area contributed by atoms with Crippen molar-refractivity contribution in [2.24, 2.45) is 5.73 Å².